The quantitative estimate of drug-likeness (QED) is 0.261. The highest BCUT2D eigenvalue weighted by molar-refractivity contribution is 9.10. The highest BCUT2D eigenvalue weighted by atomic mass is 79.9. The number of allylic oxidation sites excluding steroid dienone is 2. The fourth-order valence-electron chi connectivity index (χ4n) is 4.34. The molecule has 7 nitrogen and oxygen atoms in total. The topological polar surface area (TPSA) is 85.3 Å². The minimum Gasteiger partial charge on any atom is -0.479 e. The van der Waals surface area contributed by atoms with E-state index in [4.69, 9.17) is 21.1 Å². The number of fused-ring (bicyclic) bond motifs is 5. The van der Waals surface area contributed by atoms with Gasteiger partial charge in [-0.1, -0.05) is 23.8 Å². The predicted molar refractivity (Wildman–Crippen MR) is 113 cm³/mol. The number of benzene rings is 1. The second-order valence-electron chi connectivity index (χ2n) is 7.87. The van der Waals surface area contributed by atoms with E-state index in [9.17, 15) is 14.4 Å². The van der Waals surface area contributed by atoms with Crippen molar-refractivity contribution in [2.75, 3.05) is 6.61 Å². The molecule has 0 aromatic heterocycles. The fourth-order valence-corrected chi connectivity index (χ4v) is 5.33. The van der Waals surface area contributed by atoms with Crippen LogP contribution in [0.4, 0.5) is 0 Å². The van der Waals surface area contributed by atoms with E-state index in [1.54, 1.807) is 26.0 Å². The summed E-state index contributed by atoms with van der Waals surface area (Å²) < 4.78 is 11.0. The summed E-state index contributed by atoms with van der Waals surface area (Å²) in [7, 11) is 0. The van der Waals surface area contributed by atoms with Crippen LogP contribution in [0.3, 0.4) is 0 Å². The maximum absolute atomic E-state index is 12.7. The summed E-state index contributed by atoms with van der Waals surface area (Å²) in [5.41, 5.74) is 0.572. The molecular weight excluding hydrogens is 476 g/mol. The molecule has 158 valence electrons. The second kappa shape index (κ2) is 8.15. The van der Waals surface area contributed by atoms with Crippen molar-refractivity contribution >= 4 is 51.5 Å². The van der Waals surface area contributed by atoms with Gasteiger partial charge in [0, 0.05) is 0 Å². The molecule has 2 aliphatic carbocycles. The summed E-state index contributed by atoms with van der Waals surface area (Å²) in [6.45, 7) is 3.22. The molecule has 1 aliphatic heterocycles. The maximum Gasteiger partial charge on any atom is 0.344 e. The van der Waals surface area contributed by atoms with Gasteiger partial charge in [0.05, 0.1) is 33.6 Å². The van der Waals surface area contributed by atoms with Crippen molar-refractivity contribution in [2.45, 2.75) is 26.4 Å². The minimum absolute atomic E-state index is 0.138. The lowest BCUT2D eigenvalue weighted by Crippen LogP contribution is -2.28. The first-order valence-electron chi connectivity index (χ1n) is 9.67. The molecule has 2 amide bonds. The van der Waals surface area contributed by atoms with Crippen LogP contribution < -0.4 is 4.74 Å². The number of esters is 1. The standard InChI is InChI=1S/C21H20BrClN2O5/c1-10(2)30-16(26)9-29-19-14(22)5-11(6-15(19)23)8-24-25-20(27)17-12-3-4-13(7-12)18(17)21(25)28/h3-6,8,10,12-13,17-18H,7,9H2,1-2H3/t12-,13-,17-,18+/m0/s1. The fraction of sp³-hybridized carbons (Fsp3) is 0.429. The number of halogens is 2. The number of hydrogen-bond donors (Lipinski definition) is 0. The molecule has 1 saturated carbocycles. The highest BCUT2D eigenvalue weighted by Crippen LogP contribution is 2.52. The molecule has 1 saturated heterocycles. The van der Waals surface area contributed by atoms with Gasteiger partial charge in [0.1, 0.15) is 0 Å². The minimum atomic E-state index is -0.501. The van der Waals surface area contributed by atoms with Crippen molar-refractivity contribution in [1.82, 2.24) is 5.01 Å². The second-order valence-corrected chi connectivity index (χ2v) is 9.14. The average molecular weight is 496 g/mol. The van der Waals surface area contributed by atoms with Gasteiger partial charge in [-0.15, -0.1) is 0 Å². The van der Waals surface area contributed by atoms with Crippen LogP contribution in [0.5, 0.6) is 5.75 Å². The zero-order valence-corrected chi connectivity index (χ0v) is 18.7. The normalized spacial score (nSPS) is 26.9. The Morgan fingerprint density at radius 2 is 1.90 bits per heavy atom. The van der Waals surface area contributed by atoms with Gasteiger partial charge in [-0.25, -0.2) is 4.79 Å². The van der Waals surface area contributed by atoms with Gasteiger partial charge in [0.15, 0.2) is 12.4 Å². The van der Waals surface area contributed by atoms with Gasteiger partial charge in [-0.2, -0.15) is 10.1 Å². The third-order valence-corrected chi connectivity index (χ3v) is 6.36. The molecule has 1 aromatic rings. The predicted octanol–water partition coefficient (Wildman–Crippen LogP) is 3.57. The third-order valence-electron chi connectivity index (χ3n) is 5.49. The molecule has 0 N–H and O–H groups in total. The van der Waals surface area contributed by atoms with Gasteiger partial charge in [-0.3, -0.25) is 9.59 Å². The summed E-state index contributed by atoms with van der Waals surface area (Å²) in [4.78, 5) is 37.0. The van der Waals surface area contributed by atoms with Gasteiger partial charge in [0.2, 0.25) is 0 Å². The molecule has 2 bridgehead atoms. The maximum atomic E-state index is 12.7. The molecule has 2 fully saturated rings. The van der Waals surface area contributed by atoms with Crippen molar-refractivity contribution < 1.29 is 23.9 Å². The van der Waals surface area contributed by atoms with Crippen molar-refractivity contribution in [3.63, 3.8) is 0 Å². The van der Waals surface area contributed by atoms with Crippen LogP contribution in [0, 0.1) is 23.7 Å². The number of hydrogen-bond acceptors (Lipinski definition) is 6. The number of nitrogens with zero attached hydrogens (tertiary/aromatic N) is 2. The Morgan fingerprint density at radius 3 is 2.47 bits per heavy atom. The molecule has 0 spiro atoms. The van der Waals surface area contributed by atoms with E-state index in [1.165, 1.54) is 6.21 Å². The molecule has 1 heterocycles. The Balaban J connectivity index is 1.45. The Bertz CT molecular complexity index is 923. The number of carbonyl (C=O) groups excluding carboxylic acids is 3. The number of carbonyl (C=O) groups is 3. The number of ether oxygens (including phenoxy) is 2. The van der Waals surface area contributed by atoms with Crippen molar-refractivity contribution in [3.05, 3.63) is 39.3 Å². The SMILES string of the molecule is CC(C)OC(=O)COc1c(Cl)cc(C=NN2C(=O)[C@@H]3[C@H](C2=O)[C@H]2C=C[C@H]3C2)cc1Br. The molecule has 30 heavy (non-hydrogen) atoms. The molecular formula is C21H20BrClN2O5. The molecule has 4 rings (SSSR count). The molecule has 3 aliphatic rings. The smallest absolute Gasteiger partial charge is 0.344 e. The van der Waals surface area contributed by atoms with E-state index in [-0.39, 0.29) is 53.2 Å². The summed E-state index contributed by atoms with van der Waals surface area (Å²) in [6.07, 6.45) is 6.13. The number of rotatable bonds is 6. The zero-order valence-electron chi connectivity index (χ0n) is 16.4. The Hall–Kier alpha value is -2.19. The van der Waals surface area contributed by atoms with Gasteiger partial charge >= 0.3 is 5.97 Å². The summed E-state index contributed by atoms with van der Waals surface area (Å²) in [5.74, 6) is -1.00. The van der Waals surface area contributed by atoms with E-state index in [2.05, 4.69) is 21.0 Å². The van der Waals surface area contributed by atoms with Crippen LogP contribution >= 0.6 is 27.5 Å². The lowest BCUT2D eigenvalue weighted by atomic mass is 9.85. The van der Waals surface area contributed by atoms with Gasteiger partial charge in [0.25, 0.3) is 11.8 Å². The Kier molecular flexibility index (Phi) is 5.72. The van der Waals surface area contributed by atoms with E-state index < -0.39 is 5.97 Å². The molecule has 0 radical (unpaired) electrons. The van der Waals surface area contributed by atoms with Crippen LogP contribution in [0.2, 0.25) is 5.02 Å². The van der Waals surface area contributed by atoms with Crippen LogP contribution in [-0.2, 0) is 19.1 Å². The van der Waals surface area contributed by atoms with Crippen molar-refractivity contribution in [3.8, 4) is 5.75 Å². The van der Waals surface area contributed by atoms with Gasteiger partial charge < -0.3 is 9.47 Å². The van der Waals surface area contributed by atoms with Crippen LogP contribution in [0.15, 0.2) is 33.9 Å². The van der Waals surface area contributed by atoms with Gasteiger partial charge in [-0.05, 0) is 65.7 Å². The van der Waals surface area contributed by atoms with E-state index in [0.717, 1.165) is 11.4 Å². The third kappa shape index (κ3) is 3.78. The molecule has 1 aromatic carbocycles. The molecule has 0 unspecified atom stereocenters. The monoisotopic (exact) mass is 494 g/mol. The summed E-state index contributed by atoms with van der Waals surface area (Å²) >= 11 is 9.64. The van der Waals surface area contributed by atoms with E-state index in [0.29, 0.717) is 15.8 Å². The largest absolute Gasteiger partial charge is 0.479 e. The lowest BCUT2D eigenvalue weighted by molar-refractivity contribution is -0.149. The number of hydrazone groups is 1. The summed E-state index contributed by atoms with van der Waals surface area (Å²) in [5, 5.41) is 5.37. The first-order valence-corrected chi connectivity index (χ1v) is 10.8. The van der Waals surface area contributed by atoms with E-state index >= 15 is 0 Å². The van der Waals surface area contributed by atoms with E-state index in [1.807, 2.05) is 12.2 Å². The first kappa shape index (κ1) is 21.1. The first-order chi connectivity index (χ1) is 14.3. The molecule has 9 heteroatoms. The number of amides is 2. The van der Waals surface area contributed by atoms with Crippen LogP contribution in [0.1, 0.15) is 25.8 Å². The Labute approximate surface area is 187 Å². The highest BCUT2D eigenvalue weighted by Gasteiger charge is 2.59. The average Bonchev–Trinajstić information content (AvgIpc) is 3.33. The zero-order chi connectivity index (χ0) is 21.6. The van der Waals surface area contributed by atoms with Crippen LogP contribution in [0.25, 0.3) is 0 Å². The Morgan fingerprint density at radius 1 is 1.27 bits per heavy atom. The molecule has 4 atom stereocenters. The van der Waals surface area contributed by atoms with Crippen molar-refractivity contribution in [2.24, 2.45) is 28.8 Å². The lowest BCUT2D eigenvalue weighted by Gasteiger charge is -2.13. The number of imide groups is 1. The summed E-state index contributed by atoms with van der Waals surface area (Å²) in [6, 6.07) is 3.26. The van der Waals surface area contributed by atoms with Crippen molar-refractivity contribution in [1.29, 1.82) is 0 Å². The van der Waals surface area contributed by atoms with Crippen LogP contribution in [-0.4, -0.2) is 41.7 Å².